The van der Waals surface area contributed by atoms with E-state index in [1.807, 2.05) is 0 Å². The van der Waals surface area contributed by atoms with Crippen LogP contribution in [0, 0.1) is 17.5 Å². The number of rotatable bonds is 5. The average Bonchev–Trinajstić information content (AvgIpc) is 2.60. The first-order valence-corrected chi connectivity index (χ1v) is 8.24. The predicted octanol–water partition coefficient (Wildman–Crippen LogP) is 3.00. The maximum Gasteiger partial charge on any atom is 0.224 e. The molecule has 0 radical (unpaired) electrons. The Morgan fingerprint density at radius 2 is 2.00 bits per heavy atom. The van der Waals surface area contributed by atoms with E-state index in [-0.39, 0.29) is 25.0 Å². The highest BCUT2D eigenvalue weighted by molar-refractivity contribution is 5.78. The summed E-state index contributed by atoms with van der Waals surface area (Å²) in [7, 11) is 0. The first-order valence-electron chi connectivity index (χ1n) is 8.24. The summed E-state index contributed by atoms with van der Waals surface area (Å²) in [4.78, 5) is 12.2. The minimum atomic E-state index is -0.992. The molecule has 1 heterocycles. The molecule has 1 N–H and O–H groups in total. The van der Waals surface area contributed by atoms with Gasteiger partial charge in [0.15, 0.2) is 11.6 Å². The third-order valence-corrected chi connectivity index (χ3v) is 4.08. The molecule has 2 aromatic rings. The summed E-state index contributed by atoms with van der Waals surface area (Å²) in [6, 6.07) is 8.75. The molecular weight excluding hydrogens is 347 g/mol. The van der Waals surface area contributed by atoms with Gasteiger partial charge in [-0.1, -0.05) is 12.1 Å². The van der Waals surface area contributed by atoms with E-state index < -0.39 is 23.6 Å². The van der Waals surface area contributed by atoms with Crippen LogP contribution in [0.4, 0.5) is 13.2 Å². The van der Waals surface area contributed by atoms with E-state index in [4.69, 9.17) is 9.47 Å². The molecule has 0 aromatic heterocycles. The summed E-state index contributed by atoms with van der Waals surface area (Å²) < 4.78 is 50.6. The number of nitrogens with one attached hydrogen (secondary N) is 1. The quantitative estimate of drug-likeness (QED) is 0.886. The van der Waals surface area contributed by atoms with Gasteiger partial charge in [-0.15, -0.1) is 0 Å². The van der Waals surface area contributed by atoms with Gasteiger partial charge in [0.1, 0.15) is 17.7 Å². The highest BCUT2D eigenvalue weighted by atomic mass is 19.2. The normalized spacial score (nSPS) is 19.8. The minimum absolute atomic E-state index is 0.0821. The topological polar surface area (TPSA) is 47.6 Å². The molecule has 2 atom stereocenters. The van der Waals surface area contributed by atoms with Crippen LogP contribution in [0.2, 0.25) is 0 Å². The van der Waals surface area contributed by atoms with Crippen LogP contribution in [-0.2, 0) is 16.0 Å². The minimum Gasteiger partial charge on any atom is -0.486 e. The third-order valence-electron chi connectivity index (χ3n) is 4.08. The SMILES string of the molecule is O=C(Cc1ccc(F)c(F)c1)N[C@@H]1CCOC[C@H]1Oc1cccc(F)c1. The van der Waals surface area contributed by atoms with Crippen molar-refractivity contribution in [2.24, 2.45) is 0 Å². The first-order chi connectivity index (χ1) is 12.5. The van der Waals surface area contributed by atoms with Gasteiger partial charge in [-0.3, -0.25) is 4.79 Å². The van der Waals surface area contributed by atoms with Crippen molar-refractivity contribution in [3.63, 3.8) is 0 Å². The standard InChI is InChI=1S/C19H18F3NO3/c20-13-2-1-3-14(10-13)26-18-11-25-7-6-17(18)23-19(24)9-12-4-5-15(21)16(22)8-12/h1-5,8,10,17-18H,6-7,9,11H2,(H,23,24)/t17-,18-/m1/s1. The Balaban J connectivity index is 1.62. The zero-order chi connectivity index (χ0) is 18.5. The Hall–Kier alpha value is -2.54. The van der Waals surface area contributed by atoms with E-state index in [9.17, 15) is 18.0 Å². The van der Waals surface area contributed by atoms with Crippen LogP contribution >= 0.6 is 0 Å². The highest BCUT2D eigenvalue weighted by Gasteiger charge is 2.29. The van der Waals surface area contributed by atoms with Crippen LogP contribution in [0.1, 0.15) is 12.0 Å². The van der Waals surface area contributed by atoms with Crippen LogP contribution in [0.15, 0.2) is 42.5 Å². The number of halogens is 3. The fourth-order valence-electron chi connectivity index (χ4n) is 2.80. The van der Waals surface area contributed by atoms with Crippen LogP contribution in [-0.4, -0.2) is 31.3 Å². The van der Waals surface area contributed by atoms with Gasteiger partial charge in [0.05, 0.1) is 19.1 Å². The fourth-order valence-corrected chi connectivity index (χ4v) is 2.80. The zero-order valence-electron chi connectivity index (χ0n) is 13.9. The van der Waals surface area contributed by atoms with Gasteiger partial charge < -0.3 is 14.8 Å². The average molecular weight is 365 g/mol. The van der Waals surface area contributed by atoms with Crippen molar-refractivity contribution in [3.8, 4) is 5.75 Å². The maximum atomic E-state index is 13.3. The van der Waals surface area contributed by atoms with Crippen molar-refractivity contribution in [1.29, 1.82) is 0 Å². The van der Waals surface area contributed by atoms with Gasteiger partial charge in [0, 0.05) is 12.7 Å². The molecule has 1 fully saturated rings. The Kier molecular flexibility index (Phi) is 5.78. The van der Waals surface area contributed by atoms with Gasteiger partial charge in [-0.2, -0.15) is 0 Å². The number of carbonyl (C=O) groups is 1. The molecule has 0 bridgehead atoms. The Morgan fingerprint density at radius 1 is 1.15 bits per heavy atom. The number of hydrogen-bond acceptors (Lipinski definition) is 3. The van der Waals surface area contributed by atoms with E-state index in [0.717, 1.165) is 12.1 Å². The van der Waals surface area contributed by atoms with Crippen LogP contribution in [0.5, 0.6) is 5.75 Å². The first kappa shape index (κ1) is 18.3. The van der Waals surface area contributed by atoms with Crippen molar-refractivity contribution in [2.45, 2.75) is 25.0 Å². The number of carbonyl (C=O) groups excluding carboxylic acids is 1. The number of ether oxygens (including phenoxy) is 2. The molecule has 0 saturated carbocycles. The molecule has 138 valence electrons. The van der Waals surface area contributed by atoms with Crippen molar-refractivity contribution in [1.82, 2.24) is 5.32 Å². The van der Waals surface area contributed by atoms with Crippen LogP contribution in [0.25, 0.3) is 0 Å². The van der Waals surface area contributed by atoms with Gasteiger partial charge in [-0.05, 0) is 36.2 Å². The van der Waals surface area contributed by atoms with Gasteiger partial charge in [-0.25, -0.2) is 13.2 Å². The van der Waals surface area contributed by atoms with Crippen LogP contribution in [0.3, 0.4) is 0 Å². The van der Waals surface area contributed by atoms with Crippen molar-refractivity contribution in [3.05, 3.63) is 65.5 Å². The summed E-state index contributed by atoms with van der Waals surface area (Å²) in [6.07, 6.45) is -0.0236. The lowest BCUT2D eigenvalue weighted by molar-refractivity contribution is -0.123. The Morgan fingerprint density at radius 3 is 2.77 bits per heavy atom. The molecular formula is C19H18F3NO3. The van der Waals surface area contributed by atoms with E-state index in [1.54, 1.807) is 6.07 Å². The number of benzene rings is 2. The molecule has 0 spiro atoms. The lowest BCUT2D eigenvalue weighted by Crippen LogP contribution is -2.51. The lowest BCUT2D eigenvalue weighted by Gasteiger charge is -2.32. The van der Waals surface area contributed by atoms with Crippen molar-refractivity contribution < 1.29 is 27.4 Å². The van der Waals surface area contributed by atoms with Gasteiger partial charge in [0.25, 0.3) is 0 Å². The second-order valence-electron chi connectivity index (χ2n) is 6.08. The maximum absolute atomic E-state index is 13.3. The zero-order valence-corrected chi connectivity index (χ0v) is 13.9. The summed E-state index contributed by atoms with van der Waals surface area (Å²) >= 11 is 0. The number of hydrogen-bond donors (Lipinski definition) is 1. The summed E-state index contributed by atoms with van der Waals surface area (Å²) in [6.45, 7) is 0.714. The molecule has 1 amide bonds. The molecule has 4 nitrogen and oxygen atoms in total. The monoisotopic (exact) mass is 365 g/mol. The summed E-state index contributed by atoms with van der Waals surface area (Å²) in [5.74, 6) is -2.36. The largest absolute Gasteiger partial charge is 0.486 e. The Labute approximate surface area is 148 Å². The van der Waals surface area contributed by atoms with Crippen molar-refractivity contribution in [2.75, 3.05) is 13.2 Å². The van der Waals surface area contributed by atoms with E-state index in [1.165, 1.54) is 24.3 Å². The molecule has 7 heteroatoms. The smallest absolute Gasteiger partial charge is 0.224 e. The van der Waals surface area contributed by atoms with E-state index in [2.05, 4.69) is 5.32 Å². The molecule has 1 aliphatic rings. The predicted molar refractivity (Wildman–Crippen MR) is 88.2 cm³/mol. The summed E-state index contributed by atoms with van der Waals surface area (Å²) in [5, 5.41) is 2.83. The second-order valence-corrected chi connectivity index (χ2v) is 6.08. The molecule has 2 aromatic carbocycles. The van der Waals surface area contributed by atoms with Gasteiger partial charge in [0.2, 0.25) is 5.91 Å². The molecule has 1 aliphatic heterocycles. The summed E-state index contributed by atoms with van der Waals surface area (Å²) in [5.41, 5.74) is 0.371. The van der Waals surface area contributed by atoms with E-state index in [0.29, 0.717) is 24.3 Å². The molecule has 3 rings (SSSR count). The molecule has 1 saturated heterocycles. The van der Waals surface area contributed by atoms with Crippen molar-refractivity contribution >= 4 is 5.91 Å². The van der Waals surface area contributed by atoms with Gasteiger partial charge >= 0.3 is 0 Å². The molecule has 26 heavy (non-hydrogen) atoms. The second kappa shape index (κ2) is 8.23. The Bertz CT molecular complexity index is 784. The molecule has 0 unspecified atom stereocenters. The highest BCUT2D eigenvalue weighted by Crippen LogP contribution is 2.19. The van der Waals surface area contributed by atoms with Crippen LogP contribution < -0.4 is 10.1 Å². The molecule has 0 aliphatic carbocycles. The lowest BCUT2D eigenvalue weighted by atomic mass is 10.0. The fraction of sp³-hybridized carbons (Fsp3) is 0.316. The van der Waals surface area contributed by atoms with E-state index >= 15 is 0 Å². The third kappa shape index (κ3) is 4.76. The number of amides is 1.